The van der Waals surface area contributed by atoms with Crippen LogP contribution >= 0.6 is 11.3 Å². The molecule has 0 atom stereocenters. The number of aromatic nitrogens is 2. The van der Waals surface area contributed by atoms with Crippen molar-refractivity contribution < 1.29 is 9.59 Å². The zero-order valence-electron chi connectivity index (χ0n) is 15.3. The molecule has 7 nitrogen and oxygen atoms in total. The molecular weight excluding hydrogens is 362 g/mol. The fraction of sp³-hybridized carbons (Fsp3) is 0.579. The van der Waals surface area contributed by atoms with Crippen molar-refractivity contribution in [2.45, 2.75) is 32.1 Å². The number of nitrogens with zero attached hydrogens (tertiary/aromatic N) is 5. The number of carbonyl (C=O) groups is 2. The highest BCUT2D eigenvalue weighted by Crippen LogP contribution is 2.40. The van der Waals surface area contributed by atoms with Crippen LogP contribution in [0.3, 0.4) is 0 Å². The maximum atomic E-state index is 11.8. The van der Waals surface area contributed by atoms with Gasteiger partial charge in [0.2, 0.25) is 11.8 Å². The molecule has 2 aromatic rings. The van der Waals surface area contributed by atoms with Crippen molar-refractivity contribution in [1.29, 1.82) is 0 Å². The first-order valence-electron chi connectivity index (χ1n) is 9.76. The molecule has 2 saturated heterocycles. The molecule has 0 aromatic carbocycles. The van der Waals surface area contributed by atoms with Gasteiger partial charge in [-0.3, -0.25) is 19.4 Å². The highest BCUT2D eigenvalue weighted by atomic mass is 32.1. The van der Waals surface area contributed by atoms with Crippen LogP contribution in [0.2, 0.25) is 0 Å². The summed E-state index contributed by atoms with van der Waals surface area (Å²) in [7, 11) is 0. The highest BCUT2D eigenvalue weighted by Gasteiger charge is 2.30. The quantitative estimate of drug-likeness (QED) is 0.742. The number of hydrogen-bond acceptors (Lipinski definition) is 7. The number of carbonyl (C=O) groups excluding carboxylic acids is 2. The predicted molar refractivity (Wildman–Crippen MR) is 104 cm³/mol. The molecule has 3 aliphatic rings. The summed E-state index contributed by atoms with van der Waals surface area (Å²) in [5.41, 5.74) is 1.47. The van der Waals surface area contributed by atoms with Crippen LogP contribution in [0.15, 0.2) is 6.33 Å². The topological polar surface area (TPSA) is 69.6 Å². The van der Waals surface area contributed by atoms with E-state index in [2.05, 4.69) is 19.8 Å². The summed E-state index contributed by atoms with van der Waals surface area (Å²) >= 11 is 1.83. The second kappa shape index (κ2) is 6.83. The summed E-state index contributed by atoms with van der Waals surface area (Å²) in [6.07, 6.45) is 6.01. The third-order valence-electron chi connectivity index (χ3n) is 5.95. The summed E-state index contributed by atoms with van der Waals surface area (Å²) in [4.78, 5) is 41.4. The Labute approximate surface area is 162 Å². The van der Waals surface area contributed by atoms with Gasteiger partial charge in [-0.15, -0.1) is 11.3 Å². The lowest BCUT2D eigenvalue weighted by Gasteiger charge is -2.36. The van der Waals surface area contributed by atoms with Gasteiger partial charge in [0, 0.05) is 57.0 Å². The minimum atomic E-state index is -0.0201. The standard InChI is InChI=1S/C19H23N5O2S/c25-15-4-5-16(26)24(15)11-8-22-6-9-23(10-7-22)18-17-13-2-1-3-14(13)27-19(17)21-12-20-18/h12H,1-11H2. The Kier molecular flexibility index (Phi) is 4.32. The van der Waals surface area contributed by atoms with Gasteiger partial charge in [-0.1, -0.05) is 0 Å². The smallest absolute Gasteiger partial charge is 0.229 e. The lowest BCUT2D eigenvalue weighted by Crippen LogP contribution is -2.49. The zero-order chi connectivity index (χ0) is 18.4. The van der Waals surface area contributed by atoms with Crippen LogP contribution in [0.25, 0.3) is 10.2 Å². The fourth-order valence-electron chi connectivity index (χ4n) is 4.45. The Morgan fingerprint density at radius 2 is 1.70 bits per heavy atom. The van der Waals surface area contributed by atoms with Gasteiger partial charge in [-0.25, -0.2) is 9.97 Å². The minimum absolute atomic E-state index is 0.0201. The van der Waals surface area contributed by atoms with Crippen LogP contribution in [-0.2, 0) is 22.4 Å². The van der Waals surface area contributed by atoms with E-state index in [9.17, 15) is 9.59 Å². The molecule has 5 rings (SSSR count). The van der Waals surface area contributed by atoms with E-state index < -0.39 is 0 Å². The maximum Gasteiger partial charge on any atom is 0.229 e. The number of anilines is 1. The van der Waals surface area contributed by atoms with E-state index >= 15 is 0 Å². The molecule has 8 heteroatoms. The minimum Gasteiger partial charge on any atom is -0.353 e. The van der Waals surface area contributed by atoms with Gasteiger partial charge in [-0.2, -0.15) is 0 Å². The molecule has 2 fully saturated rings. The number of rotatable bonds is 4. The number of likely N-dealkylation sites (tertiary alicyclic amines) is 1. The second-order valence-corrected chi connectivity index (χ2v) is 8.59. The second-order valence-electron chi connectivity index (χ2n) is 7.50. The van der Waals surface area contributed by atoms with Gasteiger partial charge < -0.3 is 4.90 Å². The van der Waals surface area contributed by atoms with Crippen molar-refractivity contribution in [3.8, 4) is 0 Å². The van der Waals surface area contributed by atoms with Crippen molar-refractivity contribution in [3.05, 3.63) is 16.8 Å². The molecule has 0 radical (unpaired) electrons. The Balaban J connectivity index is 1.25. The van der Waals surface area contributed by atoms with Crippen LogP contribution in [0.4, 0.5) is 5.82 Å². The molecule has 142 valence electrons. The van der Waals surface area contributed by atoms with Crippen molar-refractivity contribution >= 4 is 39.2 Å². The van der Waals surface area contributed by atoms with Gasteiger partial charge in [0.1, 0.15) is 17.0 Å². The summed E-state index contributed by atoms with van der Waals surface area (Å²) in [6, 6.07) is 0. The monoisotopic (exact) mass is 385 g/mol. The highest BCUT2D eigenvalue weighted by molar-refractivity contribution is 7.19. The molecule has 0 saturated carbocycles. The van der Waals surface area contributed by atoms with Crippen molar-refractivity contribution in [2.24, 2.45) is 0 Å². The molecule has 2 aromatic heterocycles. The number of aryl methyl sites for hydroxylation is 2. The van der Waals surface area contributed by atoms with E-state index in [4.69, 9.17) is 0 Å². The Morgan fingerprint density at radius 3 is 2.48 bits per heavy atom. The Morgan fingerprint density at radius 1 is 0.926 bits per heavy atom. The lowest BCUT2D eigenvalue weighted by atomic mass is 10.1. The number of piperazine rings is 1. The molecule has 0 unspecified atom stereocenters. The predicted octanol–water partition coefficient (Wildman–Crippen LogP) is 1.45. The number of imide groups is 1. The fourth-order valence-corrected chi connectivity index (χ4v) is 5.67. The van der Waals surface area contributed by atoms with Gasteiger partial charge in [0.15, 0.2) is 0 Å². The number of amides is 2. The summed E-state index contributed by atoms with van der Waals surface area (Å²) in [5, 5.41) is 1.27. The van der Waals surface area contributed by atoms with Crippen LogP contribution in [0.1, 0.15) is 29.7 Å². The zero-order valence-corrected chi connectivity index (χ0v) is 16.1. The molecule has 0 N–H and O–H groups in total. The SMILES string of the molecule is O=C1CCC(=O)N1CCN1CCN(c2ncnc3sc4c(c23)CCC4)CC1. The average molecular weight is 385 g/mol. The largest absolute Gasteiger partial charge is 0.353 e. The van der Waals surface area contributed by atoms with Crippen molar-refractivity contribution in [2.75, 3.05) is 44.2 Å². The van der Waals surface area contributed by atoms with E-state index in [-0.39, 0.29) is 11.8 Å². The number of fused-ring (bicyclic) bond motifs is 3. The molecular formula is C19H23N5O2S. The molecule has 27 heavy (non-hydrogen) atoms. The van der Waals surface area contributed by atoms with Crippen LogP contribution in [-0.4, -0.2) is 70.9 Å². The van der Waals surface area contributed by atoms with Crippen LogP contribution in [0.5, 0.6) is 0 Å². The Bertz CT molecular complexity index is 887. The van der Waals surface area contributed by atoms with Gasteiger partial charge in [0.25, 0.3) is 0 Å². The van der Waals surface area contributed by atoms with Crippen molar-refractivity contribution in [3.63, 3.8) is 0 Å². The summed E-state index contributed by atoms with van der Waals surface area (Å²) in [6.45, 7) is 4.96. The molecule has 2 amide bonds. The van der Waals surface area contributed by atoms with Crippen LogP contribution < -0.4 is 4.90 Å². The summed E-state index contributed by atoms with van der Waals surface area (Å²) in [5.74, 6) is 1.05. The van der Waals surface area contributed by atoms with Gasteiger partial charge in [-0.05, 0) is 24.8 Å². The van der Waals surface area contributed by atoms with Crippen molar-refractivity contribution in [1.82, 2.24) is 19.8 Å². The van der Waals surface area contributed by atoms with Gasteiger partial charge in [0.05, 0.1) is 5.39 Å². The Hall–Kier alpha value is -2.06. The van der Waals surface area contributed by atoms with E-state index in [1.165, 1.54) is 33.6 Å². The molecule has 2 aliphatic heterocycles. The summed E-state index contributed by atoms with van der Waals surface area (Å²) < 4.78 is 0. The molecule has 4 heterocycles. The molecule has 0 spiro atoms. The number of thiophene rings is 1. The van der Waals surface area contributed by atoms with E-state index in [0.29, 0.717) is 19.4 Å². The first-order valence-corrected chi connectivity index (χ1v) is 10.6. The first kappa shape index (κ1) is 17.1. The van der Waals surface area contributed by atoms with E-state index in [0.717, 1.165) is 49.8 Å². The first-order chi connectivity index (χ1) is 13.2. The van der Waals surface area contributed by atoms with Gasteiger partial charge >= 0.3 is 0 Å². The normalized spacial score (nSPS) is 20.9. The molecule has 0 bridgehead atoms. The third-order valence-corrected chi connectivity index (χ3v) is 7.15. The van der Waals surface area contributed by atoms with Crippen LogP contribution in [0, 0.1) is 0 Å². The average Bonchev–Trinajstić information content (AvgIpc) is 3.35. The van der Waals surface area contributed by atoms with E-state index in [1.807, 2.05) is 11.3 Å². The molecule has 1 aliphatic carbocycles. The van der Waals surface area contributed by atoms with E-state index in [1.54, 1.807) is 6.33 Å². The lowest BCUT2D eigenvalue weighted by molar-refractivity contribution is -0.138. The maximum absolute atomic E-state index is 11.8. The third kappa shape index (κ3) is 3.00. The number of hydrogen-bond donors (Lipinski definition) is 0.